The smallest absolute Gasteiger partial charge is 0.338 e. The minimum atomic E-state index is -0.339. The zero-order chi connectivity index (χ0) is 21.1. The molecule has 152 valence electrons. The quantitative estimate of drug-likeness (QED) is 0.377. The van der Waals surface area contributed by atoms with Crippen LogP contribution in [0.1, 0.15) is 36.7 Å². The molecule has 0 spiro atoms. The maximum atomic E-state index is 12.2. The van der Waals surface area contributed by atoms with Crippen molar-refractivity contribution in [2.75, 3.05) is 5.32 Å². The van der Waals surface area contributed by atoms with E-state index in [9.17, 15) is 4.79 Å². The molecule has 0 aliphatic rings. The van der Waals surface area contributed by atoms with Crippen molar-refractivity contribution in [2.45, 2.75) is 33.3 Å². The molecule has 0 radical (unpaired) electrons. The summed E-state index contributed by atoms with van der Waals surface area (Å²) >= 11 is 1.59. The highest BCUT2D eigenvalue weighted by molar-refractivity contribution is 7.17. The highest BCUT2D eigenvalue weighted by Gasteiger charge is 2.15. The standard InChI is InChI=1S/C24H23N3O2S/c1-4-16-8-10-17(11-9-16)20-13-30-23-21(20)22(25-14-26-23)27-19-7-5-6-18(12-19)24(28)29-15(2)3/h5-15H,4H2,1-3H3,(H,25,26,27). The Kier molecular flexibility index (Phi) is 5.77. The maximum Gasteiger partial charge on any atom is 0.338 e. The zero-order valence-corrected chi connectivity index (χ0v) is 18.0. The molecule has 0 amide bonds. The van der Waals surface area contributed by atoms with Crippen molar-refractivity contribution in [1.29, 1.82) is 0 Å². The van der Waals surface area contributed by atoms with Crippen molar-refractivity contribution < 1.29 is 9.53 Å². The zero-order valence-electron chi connectivity index (χ0n) is 17.2. The lowest BCUT2D eigenvalue weighted by atomic mass is 10.0. The predicted molar refractivity (Wildman–Crippen MR) is 123 cm³/mol. The van der Waals surface area contributed by atoms with Gasteiger partial charge in [0, 0.05) is 16.6 Å². The van der Waals surface area contributed by atoms with Crippen molar-refractivity contribution in [3.05, 3.63) is 71.4 Å². The summed E-state index contributed by atoms with van der Waals surface area (Å²) in [5, 5.41) is 6.45. The first-order valence-corrected chi connectivity index (χ1v) is 10.8. The highest BCUT2D eigenvalue weighted by atomic mass is 32.1. The number of hydrogen-bond acceptors (Lipinski definition) is 6. The van der Waals surface area contributed by atoms with Crippen molar-refractivity contribution in [3.8, 4) is 11.1 Å². The third kappa shape index (κ3) is 4.19. The summed E-state index contributed by atoms with van der Waals surface area (Å²) in [5.74, 6) is 0.374. The van der Waals surface area contributed by atoms with E-state index in [0.717, 1.165) is 33.5 Å². The maximum absolute atomic E-state index is 12.2. The van der Waals surface area contributed by atoms with Crippen molar-refractivity contribution in [1.82, 2.24) is 9.97 Å². The molecule has 5 nitrogen and oxygen atoms in total. The van der Waals surface area contributed by atoms with E-state index in [0.29, 0.717) is 11.4 Å². The number of ether oxygens (including phenoxy) is 1. The van der Waals surface area contributed by atoms with Crippen molar-refractivity contribution in [2.24, 2.45) is 0 Å². The molecular formula is C24H23N3O2S. The van der Waals surface area contributed by atoms with Crippen LogP contribution >= 0.6 is 11.3 Å². The van der Waals surface area contributed by atoms with E-state index in [1.54, 1.807) is 29.8 Å². The Morgan fingerprint density at radius 1 is 1.13 bits per heavy atom. The van der Waals surface area contributed by atoms with Gasteiger partial charge in [0.15, 0.2) is 0 Å². The van der Waals surface area contributed by atoms with Crippen LogP contribution in [0.4, 0.5) is 11.5 Å². The lowest BCUT2D eigenvalue weighted by Crippen LogP contribution is -2.11. The van der Waals surface area contributed by atoms with E-state index in [2.05, 4.69) is 51.9 Å². The van der Waals surface area contributed by atoms with E-state index >= 15 is 0 Å². The van der Waals surface area contributed by atoms with Crippen LogP contribution in [0.2, 0.25) is 0 Å². The minimum absolute atomic E-state index is 0.164. The fraction of sp³-hybridized carbons (Fsp3) is 0.208. The molecule has 0 aliphatic heterocycles. The topological polar surface area (TPSA) is 64.1 Å². The predicted octanol–water partition coefficient (Wildman–Crippen LogP) is 6.23. The number of rotatable bonds is 6. The lowest BCUT2D eigenvalue weighted by molar-refractivity contribution is 0.0378. The Bertz CT molecular complexity index is 1180. The van der Waals surface area contributed by atoms with Gasteiger partial charge >= 0.3 is 5.97 Å². The van der Waals surface area contributed by atoms with Crippen LogP contribution in [0.5, 0.6) is 0 Å². The number of nitrogens with zero attached hydrogens (tertiary/aromatic N) is 2. The number of esters is 1. The van der Waals surface area contributed by atoms with Gasteiger partial charge in [0.05, 0.1) is 17.1 Å². The van der Waals surface area contributed by atoms with Gasteiger partial charge in [-0.1, -0.05) is 37.3 Å². The van der Waals surface area contributed by atoms with Crippen LogP contribution in [0.3, 0.4) is 0 Å². The molecule has 4 rings (SSSR count). The number of thiophene rings is 1. The molecule has 4 aromatic rings. The number of aromatic nitrogens is 2. The van der Waals surface area contributed by atoms with Gasteiger partial charge in [0.2, 0.25) is 0 Å². The second kappa shape index (κ2) is 8.63. The fourth-order valence-electron chi connectivity index (χ4n) is 3.25. The first-order valence-electron chi connectivity index (χ1n) is 9.94. The number of benzene rings is 2. The Morgan fingerprint density at radius 2 is 1.93 bits per heavy atom. The monoisotopic (exact) mass is 417 g/mol. The number of anilines is 2. The van der Waals surface area contributed by atoms with Gasteiger partial charge in [-0.25, -0.2) is 14.8 Å². The summed E-state index contributed by atoms with van der Waals surface area (Å²) < 4.78 is 5.30. The van der Waals surface area contributed by atoms with Gasteiger partial charge in [-0.05, 0) is 49.6 Å². The van der Waals surface area contributed by atoms with Crippen LogP contribution in [0.15, 0.2) is 60.2 Å². The molecule has 0 atom stereocenters. The van der Waals surface area contributed by atoms with E-state index in [4.69, 9.17) is 4.74 Å². The van der Waals surface area contributed by atoms with E-state index in [-0.39, 0.29) is 12.1 Å². The first-order chi connectivity index (χ1) is 14.5. The molecule has 0 bridgehead atoms. The summed E-state index contributed by atoms with van der Waals surface area (Å²) in [7, 11) is 0. The first kappa shape index (κ1) is 20.0. The highest BCUT2D eigenvalue weighted by Crippen LogP contribution is 2.37. The fourth-order valence-corrected chi connectivity index (χ4v) is 4.16. The SMILES string of the molecule is CCc1ccc(-c2csc3ncnc(Nc4cccc(C(=O)OC(C)C)c4)c23)cc1. The van der Waals surface area contributed by atoms with Gasteiger partial charge in [-0.15, -0.1) is 11.3 Å². The summed E-state index contributed by atoms with van der Waals surface area (Å²) in [6.07, 6.45) is 2.40. The normalized spacial score (nSPS) is 11.1. The number of fused-ring (bicyclic) bond motifs is 1. The Morgan fingerprint density at radius 3 is 2.67 bits per heavy atom. The van der Waals surface area contributed by atoms with Gasteiger partial charge in [0.25, 0.3) is 0 Å². The van der Waals surface area contributed by atoms with Gasteiger partial charge in [0.1, 0.15) is 17.0 Å². The minimum Gasteiger partial charge on any atom is -0.459 e. The molecule has 1 N–H and O–H groups in total. The molecular weight excluding hydrogens is 394 g/mol. The molecule has 2 heterocycles. The Hall–Kier alpha value is -3.25. The van der Waals surface area contributed by atoms with Crippen LogP contribution in [-0.4, -0.2) is 22.0 Å². The second-order valence-corrected chi connectivity index (χ2v) is 8.12. The molecule has 6 heteroatoms. The number of carbonyl (C=O) groups excluding carboxylic acids is 1. The summed E-state index contributed by atoms with van der Waals surface area (Å²) in [6, 6.07) is 15.8. The number of nitrogens with one attached hydrogen (secondary N) is 1. The van der Waals surface area contributed by atoms with Gasteiger partial charge in [-0.2, -0.15) is 0 Å². The second-order valence-electron chi connectivity index (χ2n) is 7.26. The Labute approximate surface area is 179 Å². The van der Waals surface area contributed by atoms with Gasteiger partial charge in [-0.3, -0.25) is 0 Å². The largest absolute Gasteiger partial charge is 0.459 e. The average Bonchev–Trinajstić information content (AvgIpc) is 3.19. The molecule has 0 unspecified atom stereocenters. The lowest BCUT2D eigenvalue weighted by Gasteiger charge is -2.11. The molecule has 2 aromatic carbocycles. The molecule has 0 saturated carbocycles. The molecule has 30 heavy (non-hydrogen) atoms. The van der Waals surface area contributed by atoms with E-state index in [1.807, 2.05) is 26.0 Å². The average molecular weight is 418 g/mol. The summed E-state index contributed by atoms with van der Waals surface area (Å²) in [6.45, 7) is 5.82. The van der Waals surface area contributed by atoms with Crippen LogP contribution < -0.4 is 5.32 Å². The number of hydrogen-bond donors (Lipinski definition) is 1. The van der Waals surface area contributed by atoms with Gasteiger partial charge < -0.3 is 10.1 Å². The molecule has 2 aromatic heterocycles. The molecule has 0 saturated heterocycles. The third-order valence-corrected chi connectivity index (χ3v) is 5.63. The summed E-state index contributed by atoms with van der Waals surface area (Å²) in [4.78, 5) is 22.1. The van der Waals surface area contributed by atoms with Crippen molar-refractivity contribution >= 4 is 39.0 Å². The van der Waals surface area contributed by atoms with Crippen LogP contribution in [0, 0.1) is 0 Å². The van der Waals surface area contributed by atoms with Crippen molar-refractivity contribution in [3.63, 3.8) is 0 Å². The Balaban J connectivity index is 1.70. The third-order valence-electron chi connectivity index (χ3n) is 4.75. The molecule has 0 fully saturated rings. The van der Waals surface area contributed by atoms with E-state index in [1.165, 1.54) is 5.56 Å². The van der Waals surface area contributed by atoms with Crippen LogP contribution in [-0.2, 0) is 11.2 Å². The number of carbonyl (C=O) groups is 1. The number of aryl methyl sites for hydroxylation is 1. The summed E-state index contributed by atoms with van der Waals surface area (Å²) in [5.41, 5.74) is 4.80. The molecule has 0 aliphatic carbocycles. The van der Waals surface area contributed by atoms with Crippen LogP contribution in [0.25, 0.3) is 21.3 Å². The van der Waals surface area contributed by atoms with E-state index < -0.39 is 0 Å².